The number of anilines is 6. The van der Waals surface area contributed by atoms with Crippen LogP contribution in [0.15, 0.2) is 320 Å². The van der Waals surface area contributed by atoms with Gasteiger partial charge >= 0.3 is 0 Å². The van der Waals surface area contributed by atoms with E-state index < -0.39 is 5.41 Å². The van der Waals surface area contributed by atoms with E-state index in [1.807, 2.05) is 6.07 Å². The second-order valence-corrected chi connectivity index (χ2v) is 20.7. The van der Waals surface area contributed by atoms with E-state index in [1.54, 1.807) is 0 Å². The van der Waals surface area contributed by atoms with Crippen molar-refractivity contribution < 1.29 is 4.42 Å². The minimum atomic E-state index is -0.658. The first kappa shape index (κ1) is 46.8. The van der Waals surface area contributed by atoms with Crippen molar-refractivity contribution in [3.63, 3.8) is 0 Å². The van der Waals surface area contributed by atoms with Crippen molar-refractivity contribution in [2.24, 2.45) is 0 Å². The van der Waals surface area contributed by atoms with Crippen molar-refractivity contribution in [1.82, 2.24) is 0 Å². The third kappa shape index (κ3) is 7.74. The van der Waals surface area contributed by atoms with Crippen LogP contribution in [0.4, 0.5) is 34.1 Å². The van der Waals surface area contributed by atoms with E-state index in [0.717, 1.165) is 72.8 Å². The summed E-state index contributed by atoms with van der Waals surface area (Å²) in [5.74, 6) is 0. The molecule has 0 fully saturated rings. The molecule has 3 heteroatoms. The quantitative estimate of drug-likeness (QED) is 0.129. The summed E-state index contributed by atoms with van der Waals surface area (Å²) >= 11 is 0. The molecule has 0 bridgehead atoms. The van der Waals surface area contributed by atoms with Crippen LogP contribution in [-0.4, -0.2) is 0 Å². The van der Waals surface area contributed by atoms with Crippen LogP contribution in [0.25, 0.3) is 77.2 Å². The zero-order valence-corrected chi connectivity index (χ0v) is 43.8. The van der Waals surface area contributed by atoms with Gasteiger partial charge in [-0.05, 0) is 150 Å². The number of hydrogen-bond acceptors (Lipinski definition) is 3. The number of furan rings is 1. The monoisotopic (exact) mass is 1020 g/mol. The van der Waals surface area contributed by atoms with Gasteiger partial charge in [-0.3, -0.25) is 0 Å². The molecule has 0 unspecified atom stereocenters. The van der Waals surface area contributed by atoms with Gasteiger partial charge in [-0.1, -0.05) is 243 Å². The van der Waals surface area contributed by atoms with Crippen molar-refractivity contribution in [3.05, 3.63) is 338 Å². The molecule has 0 aliphatic heterocycles. The average Bonchev–Trinajstić information content (AvgIpc) is 4.21. The van der Waals surface area contributed by atoms with E-state index in [1.165, 1.54) is 60.8 Å². The molecule has 15 rings (SSSR count). The summed E-state index contributed by atoms with van der Waals surface area (Å²) in [4.78, 5) is 4.84. The molecule has 376 valence electrons. The molecule has 0 radical (unpaired) electrons. The number of rotatable bonds is 11. The lowest BCUT2D eigenvalue weighted by Crippen LogP contribution is -2.28. The van der Waals surface area contributed by atoms with Gasteiger partial charge in [-0.15, -0.1) is 0 Å². The highest BCUT2D eigenvalue weighted by Gasteiger charge is 2.46. The topological polar surface area (TPSA) is 19.6 Å². The van der Waals surface area contributed by atoms with Gasteiger partial charge in [0, 0.05) is 39.2 Å². The second-order valence-electron chi connectivity index (χ2n) is 20.7. The highest BCUT2D eigenvalue weighted by atomic mass is 16.3. The standard InChI is InChI=1S/C77H52N2O/c1-7-24-53(25-8-1)56-43-46-67-68-47-44-62(52-72(68)77(71(67)50-56,58-29-11-3-12-30-58)59-31-13-4-14-32-59)78(60-33-15-5-16-34-60)63-48-57(66-45-42-54-26-19-20-37-65(54)75(66)55-27-9-2-10-28-55)49-64(51-63)79(61-35-17-6-18-36-61)73-40-23-39-70-69-38-21-22-41-74(69)80-76(70)73/h1-52H. The van der Waals surface area contributed by atoms with E-state index in [9.17, 15) is 0 Å². The molecule has 13 aromatic carbocycles. The van der Waals surface area contributed by atoms with Gasteiger partial charge in [0.15, 0.2) is 5.58 Å². The van der Waals surface area contributed by atoms with Crippen molar-refractivity contribution in [2.45, 2.75) is 5.41 Å². The molecular weight excluding hydrogens is 969 g/mol. The lowest BCUT2D eigenvalue weighted by Gasteiger charge is -2.35. The van der Waals surface area contributed by atoms with Crippen molar-refractivity contribution in [3.8, 4) is 44.5 Å². The predicted octanol–water partition coefficient (Wildman–Crippen LogP) is 21.0. The van der Waals surface area contributed by atoms with Crippen molar-refractivity contribution in [2.75, 3.05) is 9.80 Å². The maximum atomic E-state index is 6.91. The largest absolute Gasteiger partial charge is 0.454 e. The summed E-state index contributed by atoms with van der Waals surface area (Å²) in [6, 6.07) is 115. The number of fused-ring (bicyclic) bond motifs is 7. The summed E-state index contributed by atoms with van der Waals surface area (Å²) in [5, 5.41) is 4.54. The zero-order chi connectivity index (χ0) is 53.0. The molecule has 0 amide bonds. The Morgan fingerprint density at radius 2 is 0.787 bits per heavy atom. The summed E-state index contributed by atoms with van der Waals surface area (Å²) in [6.07, 6.45) is 0. The minimum Gasteiger partial charge on any atom is -0.454 e. The second kappa shape index (κ2) is 19.5. The zero-order valence-electron chi connectivity index (χ0n) is 43.8. The molecule has 1 heterocycles. The van der Waals surface area contributed by atoms with Crippen LogP contribution in [0.3, 0.4) is 0 Å². The highest BCUT2D eigenvalue weighted by molar-refractivity contribution is 6.11. The molecular formula is C77H52N2O. The van der Waals surface area contributed by atoms with Crippen LogP contribution in [0, 0.1) is 0 Å². The van der Waals surface area contributed by atoms with Gasteiger partial charge in [0.1, 0.15) is 5.58 Å². The lowest BCUT2D eigenvalue weighted by molar-refractivity contribution is 0.669. The average molecular weight is 1020 g/mol. The minimum absolute atomic E-state index is 0.658. The fourth-order valence-electron chi connectivity index (χ4n) is 12.8. The van der Waals surface area contributed by atoms with Crippen LogP contribution in [0.1, 0.15) is 22.3 Å². The third-order valence-electron chi connectivity index (χ3n) is 16.3. The summed E-state index contributed by atoms with van der Waals surface area (Å²) < 4.78 is 6.91. The molecule has 1 aliphatic rings. The van der Waals surface area contributed by atoms with E-state index in [2.05, 4.69) is 319 Å². The Bertz CT molecular complexity index is 4540. The van der Waals surface area contributed by atoms with E-state index in [0.29, 0.717) is 0 Å². The Morgan fingerprint density at radius 1 is 0.275 bits per heavy atom. The summed E-state index contributed by atoms with van der Waals surface area (Å²) in [6.45, 7) is 0. The molecule has 0 saturated carbocycles. The third-order valence-corrected chi connectivity index (χ3v) is 16.3. The Balaban J connectivity index is 1.03. The summed E-state index contributed by atoms with van der Waals surface area (Å²) in [5.41, 5.74) is 21.3. The van der Waals surface area contributed by atoms with E-state index in [4.69, 9.17) is 4.42 Å². The van der Waals surface area contributed by atoms with Gasteiger partial charge in [0.05, 0.1) is 11.1 Å². The van der Waals surface area contributed by atoms with Gasteiger partial charge in [0.25, 0.3) is 0 Å². The molecule has 0 atom stereocenters. The molecule has 0 saturated heterocycles. The van der Waals surface area contributed by atoms with Gasteiger partial charge in [0.2, 0.25) is 0 Å². The Kier molecular flexibility index (Phi) is 11.4. The van der Waals surface area contributed by atoms with Gasteiger partial charge < -0.3 is 14.2 Å². The Labute approximate surface area is 466 Å². The first-order valence-corrected chi connectivity index (χ1v) is 27.5. The van der Waals surface area contributed by atoms with Crippen LogP contribution < -0.4 is 9.80 Å². The highest BCUT2D eigenvalue weighted by Crippen LogP contribution is 2.58. The van der Waals surface area contributed by atoms with Gasteiger partial charge in [-0.25, -0.2) is 0 Å². The molecule has 0 spiro atoms. The van der Waals surface area contributed by atoms with Gasteiger partial charge in [-0.2, -0.15) is 0 Å². The Morgan fingerprint density at radius 3 is 1.46 bits per heavy atom. The molecule has 80 heavy (non-hydrogen) atoms. The lowest BCUT2D eigenvalue weighted by atomic mass is 9.67. The van der Waals surface area contributed by atoms with Crippen molar-refractivity contribution in [1.29, 1.82) is 0 Å². The SMILES string of the molecule is c1ccc(-c2ccc3c(c2)C(c2ccccc2)(c2ccccc2)c2cc(N(c4ccccc4)c4cc(-c5ccc6ccccc6c5-c5ccccc5)cc(N(c5ccccc5)c5cccc6c5oc5ccccc56)c4)ccc2-3)cc1. The molecule has 3 nitrogen and oxygen atoms in total. The molecule has 14 aromatic rings. The molecule has 0 N–H and O–H groups in total. The van der Waals surface area contributed by atoms with Crippen LogP contribution >= 0.6 is 0 Å². The molecule has 1 aromatic heterocycles. The van der Waals surface area contributed by atoms with Crippen molar-refractivity contribution >= 4 is 66.8 Å². The fourth-order valence-corrected chi connectivity index (χ4v) is 12.8. The predicted molar refractivity (Wildman–Crippen MR) is 334 cm³/mol. The van der Waals surface area contributed by atoms with E-state index in [-0.39, 0.29) is 0 Å². The van der Waals surface area contributed by atoms with Crippen LogP contribution in [0.5, 0.6) is 0 Å². The van der Waals surface area contributed by atoms with E-state index >= 15 is 0 Å². The van der Waals surface area contributed by atoms with Crippen LogP contribution in [0.2, 0.25) is 0 Å². The van der Waals surface area contributed by atoms with Crippen LogP contribution in [-0.2, 0) is 5.41 Å². The maximum Gasteiger partial charge on any atom is 0.159 e. The summed E-state index contributed by atoms with van der Waals surface area (Å²) in [7, 11) is 0. The Hall–Kier alpha value is -10.5. The number of nitrogens with zero attached hydrogens (tertiary/aromatic N) is 2. The smallest absolute Gasteiger partial charge is 0.159 e. The maximum absolute atomic E-state index is 6.91. The first-order chi connectivity index (χ1) is 39.7. The normalized spacial score (nSPS) is 12.3. The fraction of sp³-hybridized carbons (Fsp3) is 0.0130. The number of para-hydroxylation sites is 4. The number of hydrogen-bond donors (Lipinski definition) is 0. The first-order valence-electron chi connectivity index (χ1n) is 27.5. The number of benzene rings is 13. The molecule has 1 aliphatic carbocycles.